The first-order chi connectivity index (χ1) is 13.2. The van der Waals surface area contributed by atoms with Crippen LogP contribution in [0.5, 0.6) is 11.5 Å². The summed E-state index contributed by atoms with van der Waals surface area (Å²) in [6.45, 7) is 0. The van der Waals surface area contributed by atoms with E-state index in [0.717, 1.165) is 5.69 Å². The Morgan fingerprint density at radius 3 is 2.89 bits per heavy atom. The van der Waals surface area contributed by atoms with E-state index in [0.29, 0.717) is 16.5 Å². The number of para-hydroxylation sites is 1. The Labute approximate surface area is 159 Å². The molecule has 10 heteroatoms. The molecule has 0 aliphatic rings. The second-order valence-corrected chi connectivity index (χ2v) is 6.16. The maximum Gasteiger partial charge on any atom is 0.250 e. The van der Waals surface area contributed by atoms with E-state index in [2.05, 4.69) is 26.1 Å². The number of aromatic hydroxyl groups is 1. The number of hydrogen-bond donors (Lipinski definition) is 2. The second kappa shape index (κ2) is 8.81. The van der Waals surface area contributed by atoms with Gasteiger partial charge in [0.05, 0.1) is 24.8 Å². The van der Waals surface area contributed by atoms with Crippen LogP contribution in [0.4, 0.5) is 0 Å². The maximum atomic E-state index is 12.0. The quantitative estimate of drug-likeness (QED) is 0.361. The molecular weight excluding hydrogens is 368 g/mol. The number of aromatic nitrogens is 4. The van der Waals surface area contributed by atoms with Crippen molar-refractivity contribution in [2.75, 3.05) is 12.9 Å². The van der Waals surface area contributed by atoms with Crippen LogP contribution >= 0.6 is 11.8 Å². The lowest BCUT2D eigenvalue weighted by atomic mass is 10.2. The molecule has 138 valence electrons. The van der Waals surface area contributed by atoms with Gasteiger partial charge in [-0.3, -0.25) is 4.79 Å². The smallest absolute Gasteiger partial charge is 0.250 e. The monoisotopic (exact) mass is 384 g/mol. The van der Waals surface area contributed by atoms with Gasteiger partial charge in [0.2, 0.25) is 5.16 Å². The Hall–Kier alpha value is -3.40. The predicted octanol–water partition coefficient (Wildman–Crippen LogP) is 1.62. The number of hydrogen-bond acceptors (Lipinski definition) is 8. The number of phenols is 1. The van der Waals surface area contributed by atoms with Crippen LogP contribution in [0.3, 0.4) is 0 Å². The standard InChI is InChI=1S/C17H16N6O3S/c1-26-15-8-7-12(9-14(15)24)10-18-19-16(25)11-27-17-20-21-22-23(17)13-5-3-2-4-6-13/h2-10,24H,11H2,1H3,(H,19,25). The SMILES string of the molecule is COc1ccc(C=NNC(=O)CSc2nnnn2-c2ccccc2)cc1O. The zero-order valence-electron chi connectivity index (χ0n) is 14.3. The highest BCUT2D eigenvalue weighted by atomic mass is 32.2. The highest BCUT2D eigenvalue weighted by molar-refractivity contribution is 7.99. The molecule has 0 aliphatic heterocycles. The van der Waals surface area contributed by atoms with Gasteiger partial charge in [0.15, 0.2) is 11.5 Å². The summed E-state index contributed by atoms with van der Waals surface area (Å²) >= 11 is 1.19. The maximum absolute atomic E-state index is 12.0. The zero-order chi connectivity index (χ0) is 19.1. The number of hydrazone groups is 1. The van der Waals surface area contributed by atoms with Gasteiger partial charge in [-0.1, -0.05) is 30.0 Å². The van der Waals surface area contributed by atoms with Crippen LogP contribution in [0.25, 0.3) is 5.69 Å². The molecule has 0 aliphatic carbocycles. The summed E-state index contributed by atoms with van der Waals surface area (Å²) in [5.74, 6) is 0.148. The zero-order valence-corrected chi connectivity index (χ0v) is 15.1. The van der Waals surface area contributed by atoms with Crippen LogP contribution in [-0.2, 0) is 4.79 Å². The number of carbonyl (C=O) groups excluding carboxylic acids is 1. The molecule has 27 heavy (non-hydrogen) atoms. The van der Waals surface area contributed by atoms with Gasteiger partial charge in [-0.05, 0) is 46.3 Å². The van der Waals surface area contributed by atoms with E-state index in [4.69, 9.17) is 4.74 Å². The van der Waals surface area contributed by atoms with E-state index >= 15 is 0 Å². The molecule has 0 saturated heterocycles. The van der Waals surface area contributed by atoms with Crippen LogP contribution in [0, 0.1) is 0 Å². The number of nitrogens with zero attached hydrogens (tertiary/aromatic N) is 5. The molecule has 2 aromatic carbocycles. The van der Waals surface area contributed by atoms with Crippen LogP contribution in [0.1, 0.15) is 5.56 Å². The molecule has 1 heterocycles. The topological polar surface area (TPSA) is 115 Å². The number of benzene rings is 2. The van der Waals surface area contributed by atoms with Crippen molar-refractivity contribution in [2.45, 2.75) is 5.16 Å². The Morgan fingerprint density at radius 2 is 2.15 bits per heavy atom. The van der Waals surface area contributed by atoms with Crippen molar-refractivity contribution >= 4 is 23.9 Å². The van der Waals surface area contributed by atoms with Crippen LogP contribution in [0.15, 0.2) is 58.8 Å². The van der Waals surface area contributed by atoms with Crippen molar-refractivity contribution in [2.24, 2.45) is 5.10 Å². The van der Waals surface area contributed by atoms with Crippen molar-refractivity contribution < 1.29 is 14.6 Å². The summed E-state index contributed by atoms with van der Waals surface area (Å²) < 4.78 is 6.52. The van der Waals surface area contributed by atoms with Crippen molar-refractivity contribution in [3.05, 3.63) is 54.1 Å². The van der Waals surface area contributed by atoms with Gasteiger partial charge in [0, 0.05) is 0 Å². The van der Waals surface area contributed by atoms with Gasteiger partial charge in [-0.15, -0.1) is 5.10 Å². The Balaban J connectivity index is 1.54. The molecule has 0 radical (unpaired) electrons. The molecule has 3 aromatic rings. The molecule has 0 saturated carbocycles. The molecular formula is C17H16N6O3S. The molecule has 1 aromatic heterocycles. The van der Waals surface area contributed by atoms with E-state index < -0.39 is 0 Å². The molecule has 0 spiro atoms. The Bertz CT molecular complexity index is 945. The van der Waals surface area contributed by atoms with E-state index in [1.165, 1.54) is 31.2 Å². The predicted molar refractivity (Wildman–Crippen MR) is 100 cm³/mol. The number of carbonyl (C=O) groups is 1. The minimum atomic E-state index is -0.309. The molecule has 0 atom stereocenters. The summed E-state index contributed by atoms with van der Waals surface area (Å²) in [6.07, 6.45) is 1.43. The lowest BCUT2D eigenvalue weighted by Crippen LogP contribution is -2.20. The van der Waals surface area contributed by atoms with Crippen LogP contribution in [-0.4, -0.2) is 50.3 Å². The number of nitrogens with one attached hydrogen (secondary N) is 1. The fourth-order valence-corrected chi connectivity index (χ4v) is 2.81. The molecule has 9 nitrogen and oxygen atoms in total. The first-order valence-electron chi connectivity index (χ1n) is 7.83. The first-order valence-corrected chi connectivity index (χ1v) is 8.81. The van der Waals surface area contributed by atoms with Gasteiger partial charge < -0.3 is 9.84 Å². The van der Waals surface area contributed by atoms with E-state index in [1.54, 1.807) is 16.8 Å². The van der Waals surface area contributed by atoms with Gasteiger partial charge in [0.1, 0.15) is 0 Å². The first kappa shape index (κ1) is 18.4. The van der Waals surface area contributed by atoms with Gasteiger partial charge in [-0.25, -0.2) is 5.43 Å². The third kappa shape index (κ3) is 4.82. The van der Waals surface area contributed by atoms with Gasteiger partial charge in [0.25, 0.3) is 5.91 Å². The highest BCUT2D eigenvalue weighted by Crippen LogP contribution is 2.25. The van der Waals surface area contributed by atoms with Crippen molar-refractivity contribution in [1.82, 2.24) is 25.6 Å². The summed E-state index contributed by atoms with van der Waals surface area (Å²) in [6, 6.07) is 14.2. The fraction of sp³-hybridized carbons (Fsp3) is 0.118. The summed E-state index contributed by atoms with van der Waals surface area (Å²) in [7, 11) is 1.47. The number of tetrazole rings is 1. The third-order valence-electron chi connectivity index (χ3n) is 3.38. The highest BCUT2D eigenvalue weighted by Gasteiger charge is 2.11. The number of methoxy groups -OCH3 is 1. The summed E-state index contributed by atoms with van der Waals surface area (Å²) in [5, 5.41) is 25.6. The third-order valence-corrected chi connectivity index (χ3v) is 4.30. The Kier molecular flexibility index (Phi) is 6.00. The average Bonchev–Trinajstić information content (AvgIpc) is 3.16. The Morgan fingerprint density at radius 1 is 1.33 bits per heavy atom. The molecule has 0 fully saturated rings. The lowest BCUT2D eigenvalue weighted by molar-refractivity contribution is -0.118. The van der Waals surface area contributed by atoms with E-state index in [1.807, 2.05) is 30.3 Å². The second-order valence-electron chi connectivity index (χ2n) is 5.22. The number of amides is 1. The minimum Gasteiger partial charge on any atom is -0.504 e. The van der Waals surface area contributed by atoms with Crippen molar-refractivity contribution in [3.63, 3.8) is 0 Å². The minimum absolute atomic E-state index is 0.00363. The number of phenolic OH excluding ortho intramolecular Hbond substituents is 1. The van der Waals surface area contributed by atoms with Gasteiger partial charge >= 0.3 is 0 Å². The van der Waals surface area contributed by atoms with Gasteiger partial charge in [-0.2, -0.15) is 9.78 Å². The normalized spacial score (nSPS) is 10.9. The fourth-order valence-electron chi connectivity index (χ4n) is 2.13. The largest absolute Gasteiger partial charge is 0.504 e. The number of thioether (sulfide) groups is 1. The van der Waals surface area contributed by atoms with Crippen molar-refractivity contribution in [1.29, 1.82) is 0 Å². The lowest BCUT2D eigenvalue weighted by Gasteiger charge is -2.04. The molecule has 0 bridgehead atoms. The van der Waals surface area contributed by atoms with E-state index in [9.17, 15) is 9.90 Å². The van der Waals surface area contributed by atoms with Crippen molar-refractivity contribution in [3.8, 4) is 17.2 Å². The summed E-state index contributed by atoms with van der Waals surface area (Å²) in [5.41, 5.74) is 3.85. The summed E-state index contributed by atoms with van der Waals surface area (Å²) in [4.78, 5) is 12.0. The molecule has 2 N–H and O–H groups in total. The average molecular weight is 384 g/mol. The molecule has 1 amide bonds. The molecule has 3 rings (SSSR count). The number of rotatable bonds is 7. The number of ether oxygens (including phenoxy) is 1. The van der Waals surface area contributed by atoms with E-state index in [-0.39, 0.29) is 17.4 Å². The van der Waals surface area contributed by atoms with Crippen LogP contribution in [0.2, 0.25) is 0 Å². The molecule has 0 unspecified atom stereocenters. The van der Waals surface area contributed by atoms with Crippen LogP contribution < -0.4 is 10.2 Å².